The lowest BCUT2D eigenvalue weighted by Crippen LogP contribution is -2.13. The van der Waals surface area contributed by atoms with Crippen LogP contribution in [-0.2, 0) is 4.79 Å². The van der Waals surface area contributed by atoms with E-state index < -0.39 is 0 Å². The minimum Gasteiger partial charge on any atom is -0.497 e. The molecule has 0 fully saturated rings. The number of methoxy groups -OCH3 is 1. The highest BCUT2D eigenvalue weighted by molar-refractivity contribution is 8.00. The molecule has 0 saturated heterocycles. The third-order valence-corrected chi connectivity index (χ3v) is 4.88. The molecule has 142 valence electrons. The Morgan fingerprint density at radius 2 is 1.57 bits per heavy atom. The molecule has 0 aliphatic heterocycles. The van der Waals surface area contributed by atoms with Crippen molar-refractivity contribution in [3.8, 4) is 5.75 Å². The fraction of sp³-hybridized carbons (Fsp3) is 0.0909. The number of thioether (sulfide) groups is 1. The van der Waals surface area contributed by atoms with Gasteiger partial charge >= 0.3 is 0 Å². The first-order valence-electron chi connectivity index (χ1n) is 8.67. The summed E-state index contributed by atoms with van der Waals surface area (Å²) < 4.78 is 5.14. The van der Waals surface area contributed by atoms with Gasteiger partial charge in [0.1, 0.15) is 5.75 Å². The van der Waals surface area contributed by atoms with Gasteiger partial charge < -0.3 is 15.4 Å². The van der Waals surface area contributed by atoms with Crippen molar-refractivity contribution in [2.75, 3.05) is 23.5 Å². The SMILES string of the molecule is COc1cccc(C(=O)Nc2ccc(SCC(=O)Nc3ccccc3)cc2)c1. The molecule has 3 aromatic carbocycles. The van der Waals surface area contributed by atoms with E-state index in [9.17, 15) is 9.59 Å². The first kappa shape index (κ1) is 19.5. The zero-order chi connectivity index (χ0) is 19.8. The summed E-state index contributed by atoms with van der Waals surface area (Å²) in [7, 11) is 1.56. The predicted molar refractivity (Wildman–Crippen MR) is 113 cm³/mol. The summed E-state index contributed by atoms with van der Waals surface area (Å²) in [5.74, 6) is 0.672. The van der Waals surface area contributed by atoms with Crippen LogP contribution in [0, 0.1) is 0 Å². The molecule has 2 N–H and O–H groups in total. The summed E-state index contributed by atoms with van der Waals surface area (Å²) >= 11 is 1.44. The second-order valence-electron chi connectivity index (χ2n) is 5.91. The van der Waals surface area contributed by atoms with Crippen molar-refractivity contribution in [1.29, 1.82) is 0 Å². The average Bonchev–Trinajstić information content (AvgIpc) is 2.74. The number of hydrogen-bond acceptors (Lipinski definition) is 4. The fourth-order valence-electron chi connectivity index (χ4n) is 2.47. The van der Waals surface area contributed by atoms with E-state index in [2.05, 4.69) is 10.6 Å². The summed E-state index contributed by atoms with van der Waals surface area (Å²) in [5.41, 5.74) is 1.99. The van der Waals surface area contributed by atoms with Crippen LogP contribution < -0.4 is 15.4 Å². The number of rotatable bonds is 7. The van der Waals surface area contributed by atoms with Gasteiger partial charge in [0.15, 0.2) is 0 Å². The maximum atomic E-state index is 12.3. The number of carbonyl (C=O) groups excluding carboxylic acids is 2. The van der Waals surface area contributed by atoms with Crippen LogP contribution >= 0.6 is 11.8 Å². The molecule has 28 heavy (non-hydrogen) atoms. The molecule has 0 unspecified atom stereocenters. The van der Waals surface area contributed by atoms with Crippen LogP contribution in [0.3, 0.4) is 0 Å². The molecule has 0 spiro atoms. The average molecular weight is 392 g/mol. The van der Waals surface area contributed by atoms with Gasteiger partial charge in [-0.1, -0.05) is 24.3 Å². The molecule has 0 aromatic heterocycles. The third-order valence-electron chi connectivity index (χ3n) is 3.87. The number of carbonyl (C=O) groups is 2. The summed E-state index contributed by atoms with van der Waals surface area (Å²) in [6.45, 7) is 0. The Morgan fingerprint density at radius 1 is 0.857 bits per heavy atom. The van der Waals surface area contributed by atoms with Crippen LogP contribution in [0.5, 0.6) is 5.75 Å². The number of ether oxygens (including phenoxy) is 1. The Morgan fingerprint density at radius 3 is 2.29 bits per heavy atom. The third kappa shape index (κ3) is 5.62. The molecule has 3 rings (SSSR count). The van der Waals surface area contributed by atoms with Crippen LogP contribution in [0.15, 0.2) is 83.8 Å². The van der Waals surface area contributed by atoms with Crippen LogP contribution in [0.2, 0.25) is 0 Å². The molecule has 5 nitrogen and oxygen atoms in total. The smallest absolute Gasteiger partial charge is 0.255 e. The van der Waals surface area contributed by atoms with Gasteiger partial charge in [0.05, 0.1) is 12.9 Å². The minimum absolute atomic E-state index is 0.0633. The largest absolute Gasteiger partial charge is 0.497 e. The van der Waals surface area contributed by atoms with Gasteiger partial charge in [0.25, 0.3) is 5.91 Å². The monoisotopic (exact) mass is 392 g/mol. The van der Waals surface area contributed by atoms with Crippen molar-refractivity contribution < 1.29 is 14.3 Å². The second-order valence-corrected chi connectivity index (χ2v) is 6.96. The normalized spacial score (nSPS) is 10.2. The Bertz CT molecular complexity index is 944. The molecule has 0 atom stereocenters. The number of benzene rings is 3. The second kappa shape index (κ2) is 9.62. The van der Waals surface area contributed by atoms with Gasteiger partial charge in [0, 0.05) is 21.8 Å². The van der Waals surface area contributed by atoms with Gasteiger partial charge in [0.2, 0.25) is 5.91 Å². The lowest BCUT2D eigenvalue weighted by molar-refractivity contribution is -0.113. The number of nitrogens with one attached hydrogen (secondary N) is 2. The summed E-state index contributed by atoms with van der Waals surface area (Å²) in [4.78, 5) is 25.3. The maximum absolute atomic E-state index is 12.3. The molecule has 0 radical (unpaired) electrons. The first-order valence-corrected chi connectivity index (χ1v) is 9.66. The maximum Gasteiger partial charge on any atom is 0.255 e. The molecule has 0 aliphatic rings. The van der Waals surface area contributed by atoms with E-state index in [0.29, 0.717) is 22.8 Å². The summed E-state index contributed by atoms with van der Waals surface area (Å²) in [5, 5.41) is 5.70. The van der Waals surface area contributed by atoms with Crippen LogP contribution in [0.25, 0.3) is 0 Å². The number of amides is 2. The number of para-hydroxylation sites is 1. The van der Waals surface area contributed by atoms with Crippen molar-refractivity contribution in [3.63, 3.8) is 0 Å². The highest BCUT2D eigenvalue weighted by atomic mass is 32.2. The molecule has 0 aliphatic carbocycles. The highest BCUT2D eigenvalue weighted by Crippen LogP contribution is 2.21. The molecular formula is C22H20N2O3S. The van der Waals surface area contributed by atoms with E-state index in [-0.39, 0.29) is 11.8 Å². The lowest BCUT2D eigenvalue weighted by atomic mass is 10.2. The first-order chi connectivity index (χ1) is 13.6. The van der Waals surface area contributed by atoms with E-state index in [0.717, 1.165) is 10.6 Å². The molecule has 0 saturated carbocycles. The van der Waals surface area contributed by atoms with E-state index in [4.69, 9.17) is 4.74 Å². The Kier molecular flexibility index (Phi) is 6.70. The molecule has 2 amide bonds. The highest BCUT2D eigenvalue weighted by Gasteiger charge is 2.08. The van der Waals surface area contributed by atoms with Crippen molar-refractivity contribution in [2.24, 2.45) is 0 Å². The molecule has 0 heterocycles. The van der Waals surface area contributed by atoms with Crippen LogP contribution in [-0.4, -0.2) is 24.7 Å². The quantitative estimate of drug-likeness (QED) is 0.573. The van der Waals surface area contributed by atoms with E-state index >= 15 is 0 Å². The van der Waals surface area contributed by atoms with Crippen LogP contribution in [0.1, 0.15) is 10.4 Å². The van der Waals surface area contributed by atoms with E-state index in [1.54, 1.807) is 31.4 Å². The van der Waals surface area contributed by atoms with Gasteiger partial charge in [-0.25, -0.2) is 0 Å². The number of hydrogen-bond donors (Lipinski definition) is 2. The lowest BCUT2D eigenvalue weighted by Gasteiger charge is -2.08. The Labute approximate surface area is 168 Å². The van der Waals surface area contributed by atoms with Gasteiger partial charge in [-0.2, -0.15) is 0 Å². The predicted octanol–water partition coefficient (Wildman–Crippen LogP) is 4.68. The minimum atomic E-state index is -0.207. The molecule has 6 heteroatoms. The van der Waals surface area contributed by atoms with Crippen LogP contribution in [0.4, 0.5) is 11.4 Å². The van der Waals surface area contributed by atoms with Crippen molar-refractivity contribution >= 4 is 35.0 Å². The van der Waals surface area contributed by atoms with E-state index in [1.807, 2.05) is 54.6 Å². The molecule has 3 aromatic rings. The zero-order valence-electron chi connectivity index (χ0n) is 15.3. The zero-order valence-corrected chi connectivity index (χ0v) is 16.2. The van der Waals surface area contributed by atoms with Crippen molar-refractivity contribution in [2.45, 2.75) is 4.90 Å². The Balaban J connectivity index is 1.51. The molecular weight excluding hydrogens is 372 g/mol. The van der Waals surface area contributed by atoms with Crippen molar-refractivity contribution in [3.05, 3.63) is 84.4 Å². The van der Waals surface area contributed by atoms with Gasteiger partial charge in [-0.3, -0.25) is 9.59 Å². The van der Waals surface area contributed by atoms with E-state index in [1.165, 1.54) is 11.8 Å². The number of anilines is 2. The van der Waals surface area contributed by atoms with Gasteiger partial charge in [-0.15, -0.1) is 11.8 Å². The fourth-order valence-corrected chi connectivity index (χ4v) is 3.17. The summed E-state index contributed by atoms with van der Waals surface area (Å²) in [6, 6.07) is 23.7. The molecule has 0 bridgehead atoms. The standard InChI is InChI=1S/C22H20N2O3S/c1-27-19-9-5-6-16(14-19)22(26)24-18-10-12-20(13-11-18)28-15-21(25)23-17-7-3-2-4-8-17/h2-14H,15H2,1H3,(H,23,25)(H,24,26). The van der Waals surface area contributed by atoms with Gasteiger partial charge in [-0.05, 0) is 54.6 Å². The summed E-state index contributed by atoms with van der Waals surface area (Å²) in [6.07, 6.45) is 0. The van der Waals surface area contributed by atoms with Crippen molar-refractivity contribution in [1.82, 2.24) is 0 Å². The topological polar surface area (TPSA) is 67.4 Å². The Hall–Kier alpha value is -3.25.